The number of aromatic nitrogens is 2. The Kier molecular flexibility index (Phi) is 16.2. The lowest BCUT2D eigenvalue weighted by atomic mass is 9.33. The minimum Gasteiger partial charge on any atom is -0.310 e. The van der Waals surface area contributed by atoms with Gasteiger partial charge < -0.3 is 18.9 Å². The van der Waals surface area contributed by atoms with Gasteiger partial charge in [-0.3, -0.25) is 0 Å². The minimum absolute atomic E-state index is 0.100. The van der Waals surface area contributed by atoms with Gasteiger partial charge >= 0.3 is 0 Å². The van der Waals surface area contributed by atoms with Crippen molar-refractivity contribution in [3.63, 3.8) is 0 Å². The molecule has 109 heavy (non-hydrogen) atoms. The Bertz CT molecular complexity index is 6130. The highest BCUT2D eigenvalue weighted by Crippen LogP contribution is 2.56. The molecule has 0 amide bonds. The summed E-state index contributed by atoms with van der Waals surface area (Å²) in [6, 6.07) is 117. The highest BCUT2D eigenvalue weighted by molar-refractivity contribution is 7.00. The summed E-state index contributed by atoms with van der Waals surface area (Å²) < 4.78 is 5.03. The molecule has 0 aliphatic carbocycles. The van der Waals surface area contributed by atoms with Crippen molar-refractivity contribution < 1.29 is 0 Å². The van der Waals surface area contributed by atoms with Crippen molar-refractivity contribution in [1.29, 1.82) is 0 Å². The second kappa shape index (κ2) is 25.5. The Labute approximate surface area is 644 Å². The van der Waals surface area contributed by atoms with E-state index in [4.69, 9.17) is 0 Å². The van der Waals surface area contributed by atoms with Gasteiger partial charge in [-0.05, 0) is 196 Å². The van der Waals surface area contributed by atoms with Crippen molar-refractivity contribution >= 4 is 101 Å². The van der Waals surface area contributed by atoms with Gasteiger partial charge in [-0.25, -0.2) is 0 Å². The van der Waals surface area contributed by atoms with Gasteiger partial charge in [-0.1, -0.05) is 316 Å². The van der Waals surface area contributed by atoms with E-state index in [1.54, 1.807) is 0 Å². The summed E-state index contributed by atoms with van der Waals surface area (Å²) >= 11 is 0. The fourth-order valence-electron chi connectivity index (χ4n) is 17.4. The van der Waals surface area contributed by atoms with Crippen molar-refractivity contribution in [3.8, 4) is 67.0 Å². The van der Waals surface area contributed by atoms with Crippen LogP contribution in [0.25, 0.3) is 111 Å². The second-order valence-corrected chi connectivity index (χ2v) is 35.8. The molecule has 0 unspecified atom stereocenters. The predicted octanol–water partition coefficient (Wildman–Crippen LogP) is 26.8. The highest BCUT2D eigenvalue weighted by atomic mass is 15.2. The van der Waals surface area contributed by atoms with Crippen molar-refractivity contribution in [2.24, 2.45) is 0 Å². The van der Waals surface area contributed by atoms with E-state index in [0.717, 1.165) is 62.0 Å². The molecule has 18 rings (SSSR count). The lowest BCUT2D eigenvalue weighted by Crippen LogP contribution is -2.61. The first-order chi connectivity index (χ1) is 52.2. The van der Waals surface area contributed by atoms with E-state index in [2.05, 4.69) is 426 Å². The Hall–Kier alpha value is -11.7. The Morgan fingerprint density at radius 2 is 0.560 bits per heavy atom. The molecule has 2 aliphatic rings. The topological polar surface area (TPSA) is 16.3 Å². The molecular weight excluding hydrogens is 1320 g/mol. The third-order valence-electron chi connectivity index (χ3n) is 23.4. The number of anilines is 6. The molecule has 0 bridgehead atoms. The van der Waals surface area contributed by atoms with Crippen LogP contribution in [-0.4, -0.2) is 15.8 Å². The van der Waals surface area contributed by atoms with Crippen LogP contribution in [0.15, 0.2) is 303 Å². The molecular formula is C104H95BN4. The highest BCUT2D eigenvalue weighted by Gasteiger charge is 2.47. The zero-order valence-electron chi connectivity index (χ0n) is 65.7. The predicted molar refractivity (Wildman–Crippen MR) is 470 cm³/mol. The van der Waals surface area contributed by atoms with Gasteiger partial charge in [-0.2, -0.15) is 0 Å². The van der Waals surface area contributed by atoms with Gasteiger partial charge in [0.15, 0.2) is 0 Å². The molecule has 0 N–H and O–H groups in total. The van der Waals surface area contributed by atoms with Gasteiger partial charge in [0.2, 0.25) is 0 Å². The Morgan fingerprint density at radius 3 is 0.963 bits per heavy atom. The van der Waals surface area contributed by atoms with E-state index in [-0.39, 0.29) is 33.8 Å². The molecule has 2 aliphatic heterocycles. The van der Waals surface area contributed by atoms with E-state index < -0.39 is 0 Å². The first-order valence-electron chi connectivity index (χ1n) is 39.1. The Balaban J connectivity index is 1.02. The minimum atomic E-state index is -0.336. The maximum Gasteiger partial charge on any atom is 0.252 e. The summed E-state index contributed by atoms with van der Waals surface area (Å²) in [5, 5.41) is 4.90. The third kappa shape index (κ3) is 11.7. The average molecular weight is 1410 g/mol. The smallest absolute Gasteiger partial charge is 0.252 e. The number of benzene rings is 14. The van der Waals surface area contributed by atoms with Crippen LogP contribution in [0.1, 0.15) is 132 Å². The molecule has 534 valence electrons. The van der Waals surface area contributed by atoms with Crippen LogP contribution in [0, 0.1) is 0 Å². The fourth-order valence-corrected chi connectivity index (χ4v) is 17.4. The van der Waals surface area contributed by atoms with Gasteiger partial charge in [0, 0.05) is 77.9 Å². The second-order valence-electron chi connectivity index (χ2n) is 35.8. The summed E-state index contributed by atoms with van der Waals surface area (Å²) in [5.41, 5.74) is 34.8. The lowest BCUT2D eigenvalue weighted by Gasteiger charge is -2.47. The van der Waals surface area contributed by atoms with Crippen molar-refractivity contribution in [2.75, 3.05) is 9.80 Å². The van der Waals surface area contributed by atoms with Crippen molar-refractivity contribution in [3.05, 3.63) is 331 Å². The number of hydrogen-bond acceptors (Lipinski definition) is 2. The molecule has 5 heteroatoms. The van der Waals surface area contributed by atoms with Crippen LogP contribution >= 0.6 is 0 Å². The first-order valence-corrected chi connectivity index (χ1v) is 39.1. The molecule has 0 radical (unpaired) electrons. The Morgan fingerprint density at radius 1 is 0.220 bits per heavy atom. The van der Waals surface area contributed by atoms with Crippen LogP contribution in [0.3, 0.4) is 0 Å². The molecule has 4 nitrogen and oxygen atoms in total. The standard InChI is InChI=1S/C104H95BN4/c1-100(2,3)72-53-71(54-73(56-72)101(4,5)6)70-49-51-87-93(55-70)108(98-81(66-35-21-16-22-36-66)57-74(102(7,8)9)58-82(98)67-37-23-17-24-38-67)95-61-76(104(13,14)15)62-96-97(95)105(87)88-52-50-78(63-94(88)109(96)99-83(68-39-25-18-26-40-68)59-75(103(10,11)12)60-84(99)69-41-27-19-28-42-69)107-90-48-34-32-46-80(90)86-64-85-79-45-31-33-47-89(79)106(91(85)65-92(86)107)77-43-29-20-30-44-77/h16-65H,1-15H3. The summed E-state index contributed by atoms with van der Waals surface area (Å²) in [4.78, 5) is 5.51. The van der Waals surface area contributed by atoms with E-state index >= 15 is 0 Å². The molecule has 0 saturated heterocycles. The molecule has 2 aromatic heterocycles. The molecule has 0 saturated carbocycles. The van der Waals surface area contributed by atoms with Gasteiger partial charge in [0.05, 0.1) is 33.4 Å². The quantitative estimate of drug-likeness (QED) is 0.134. The summed E-state index contributed by atoms with van der Waals surface area (Å²) in [7, 11) is 0. The largest absolute Gasteiger partial charge is 0.310 e. The summed E-state index contributed by atoms with van der Waals surface area (Å²) in [6.07, 6.45) is 0. The SMILES string of the molecule is CC(C)(C)c1cc(-c2ccc3c(c2)N(c2c(-c4ccccc4)cc(C(C)(C)C)cc2-c2ccccc2)c2cc(C(C)(C)C)cc4c2B3c2ccc(-n3c5ccccc5c5cc6c7ccccc7n(-c7ccccc7)c6cc53)cc2N4c2c(-c3ccccc3)cc(C(C)(C)C)cc2-c2ccccc2)cc(C(C)(C)C)c1. The number of nitrogens with zero attached hydrogens (tertiary/aromatic N) is 4. The zero-order valence-corrected chi connectivity index (χ0v) is 65.7. The van der Waals surface area contributed by atoms with E-state index in [0.29, 0.717) is 0 Å². The summed E-state index contributed by atoms with van der Waals surface area (Å²) in [6.45, 7) is 35.3. The lowest BCUT2D eigenvalue weighted by molar-refractivity contribution is 0.569. The maximum absolute atomic E-state index is 2.75. The zero-order chi connectivity index (χ0) is 75.4. The molecule has 14 aromatic carbocycles. The van der Waals surface area contributed by atoms with Crippen molar-refractivity contribution in [2.45, 2.75) is 131 Å². The number of rotatable bonds is 9. The molecule has 0 fully saturated rings. The van der Waals surface area contributed by atoms with Crippen LogP contribution < -0.4 is 26.2 Å². The van der Waals surface area contributed by atoms with E-state index in [1.165, 1.54) is 127 Å². The molecule has 0 spiro atoms. The van der Waals surface area contributed by atoms with Crippen LogP contribution in [0.5, 0.6) is 0 Å². The van der Waals surface area contributed by atoms with E-state index in [1.807, 2.05) is 0 Å². The third-order valence-corrected chi connectivity index (χ3v) is 23.4. The first kappa shape index (κ1) is 69.1. The van der Waals surface area contributed by atoms with Gasteiger partial charge in [0.25, 0.3) is 6.71 Å². The maximum atomic E-state index is 2.75. The van der Waals surface area contributed by atoms with Crippen LogP contribution in [0.4, 0.5) is 34.1 Å². The van der Waals surface area contributed by atoms with Crippen molar-refractivity contribution in [1.82, 2.24) is 9.13 Å². The normalized spacial score (nSPS) is 13.2. The molecule has 0 atom stereocenters. The fraction of sp³-hybridized carbons (Fsp3) is 0.192. The monoisotopic (exact) mass is 1410 g/mol. The van der Waals surface area contributed by atoms with E-state index in [9.17, 15) is 0 Å². The van der Waals surface area contributed by atoms with Gasteiger partial charge in [-0.15, -0.1) is 0 Å². The molecule has 16 aromatic rings. The number of hydrogen-bond donors (Lipinski definition) is 0. The average Bonchev–Trinajstić information content (AvgIpc) is 1.09. The van der Waals surface area contributed by atoms with Gasteiger partial charge in [0.1, 0.15) is 0 Å². The van der Waals surface area contributed by atoms with Crippen LogP contribution in [0.2, 0.25) is 0 Å². The number of para-hydroxylation sites is 3. The van der Waals surface area contributed by atoms with Crippen LogP contribution in [-0.2, 0) is 27.1 Å². The molecule has 4 heterocycles. The summed E-state index contributed by atoms with van der Waals surface area (Å²) in [5.74, 6) is 0. The number of fused-ring (bicyclic) bond motifs is 10.